The normalized spacial score (nSPS) is 41.7. The SMILES string of the molecule is CNC(c1sccc1Br)C12CC3CC(CC(C3)C1)C2. The lowest BCUT2D eigenvalue weighted by atomic mass is 9.47. The van der Waals surface area contributed by atoms with Crippen molar-refractivity contribution >= 4 is 27.3 Å². The van der Waals surface area contributed by atoms with Gasteiger partial charge in [0.2, 0.25) is 0 Å². The molecule has 0 radical (unpaired) electrons. The Bertz CT molecular complexity index is 446. The molecule has 1 heterocycles. The summed E-state index contributed by atoms with van der Waals surface area (Å²) in [6, 6.07) is 2.78. The molecular weight excluding hydrogens is 318 g/mol. The summed E-state index contributed by atoms with van der Waals surface area (Å²) in [5.74, 6) is 3.09. The summed E-state index contributed by atoms with van der Waals surface area (Å²) in [6.07, 6.45) is 8.99. The highest BCUT2D eigenvalue weighted by atomic mass is 79.9. The molecule has 0 spiro atoms. The zero-order chi connectivity index (χ0) is 13.0. The molecule has 5 rings (SSSR count). The van der Waals surface area contributed by atoms with Crippen molar-refractivity contribution in [3.05, 3.63) is 20.8 Å². The minimum atomic E-state index is 0.552. The number of nitrogens with one attached hydrogen (secondary N) is 1. The zero-order valence-corrected chi connectivity index (χ0v) is 13.9. The van der Waals surface area contributed by atoms with Gasteiger partial charge in [0, 0.05) is 15.4 Å². The summed E-state index contributed by atoms with van der Waals surface area (Å²) in [5, 5.41) is 5.91. The van der Waals surface area contributed by atoms with E-state index in [9.17, 15) is 0 Å². The van der Waals surface area contributed by atoms with Crippen molar-refractivity contribution in [2.45, 2.75) is 44.6 Å². The van der Waals surface area contributed by atoms with Crippen molar-refractivity contribution in [1.29, 1.82) is 0 Å². The van der Waals surface area contributed by atoms with E-state index in [-0.39, 0.29) is 0 Å². The Morgan fingerprint density at radius 1 is 1.21 bits per heavy atom. The maximum absolute atomic E-state index is 3.76. The van der Waals surface area contributed by atoms with Crippen molar-refractivity contribution in [2.75, 3.05) is 7.05 Å². The van der Waals surface area contributed by atoms with Crippen molar-refractivity contribution in [3.8, 4) is 0 Å². The molecule has 1 unspecified atom stereocenters. The summed E-state index contributed by atoms with van der Waals surface area (Å²) < 4.78 is 1.31. The monoisotopic (exact) mass is 339 g/mol. The van der Waals surface area contributed by atoms with Crippen LogP contribution in [0.2, 0.25) is 0 Å². The Morgan fingerprint density at radius 3 is 2.21 bits per heavy atom. The Morgan fingerprint density at radius 2 is 1.79 bits per heavy atom. The van der Waals surface area contributed by atoms with E-state index >= 15 is 0 Å². The van der Waals surface area contributed by atoms with Crippen LogP contribution in [-0.2, 0) is 0 Å². The first-order valence-corrected chi connectivity index (χ1v) is 9.27. The van der Waals surface area contributed by atoms with Crippen LogP contribution in [0.25, 0.3) is 0 Å². The molecular formula is C16H22BrNS. The fourth-order valence-electron chi connectivity index (χ4n) is 5.76. The van der Waals surface area contributed by atoms with Crippen LogP contribution in [0, 0.1) is 23.2 Å². The molecule has 4 aliphatic carbocycles. The smallest absolute Gasteiger partial charge is 0.0481 e. The van der Waals surface area contributed by atoms with Crippen LogP contribution in [0.5, 0.6) is 0 Å². The van der Waals surface area contributed by atoms with E-state index in [1.54, 1.807) is 0 Å². The largest absolute Gasteiger partial charge is 0.312 e. The van der Waals surface area contributed by atoms with Crippen molar-refractivity contribution in [3.63, 3.8) is 0 Å². The minimum Gasteiger partial charge on any atom is -0.312 e. The molecule has 1 N–H and O–H groups in total. The quantitative estimate of drug-likeness (QED) is 0.818. The summed E-state index contributed by atoms with van der Waals surface area (Å²) in [5.41, 5.74) is 0.552. The Kier molecular flexibility index (Phi) is 3.09. The molecule has 4 aliphatic rings. The molecule has 0 saturated heterocycles. The Hall–Kier alpha value is 0.140. The molecule has 0 aromatic carbocycles. The Balaban J connectivity index is 1.72. The van der Waals surface area contributed by atoms with E-state index in [0.29, 0.717) is 11.5 Å². The van der Waals surface area contributed by atoms with Crippen LogP contribution in [0.15, 0.2) is 15.9 Å². The zero-order valence-electron chi connectivity index (χ0n) is 11.5. The van der Waals surface area contributed by atoms with Crippen LogP contribution >= 0.6 is 27.3 Å². The van der Waals surface area contributed by atoms with Crippen LogP contribution < -0.4 is 5.32 Å². The molecule has 4 bridgehead atoms. The molecule has 1 aromatic heterocycles. The van der Waals surface area contributed by atoms with E-state index in [1.165, 1.54) is 47.9 Å². The first-order chi connectivity index (χ1) is 9.20. The molecule has 1 aromatic rings. The molecule has 1 nitrogen and oxygen atoms in total. The van der Waals surface area contributed by atoms with Crippen LogP contribution in [0.4, 0.5) is 0 Å². The van der Waals surface area contributed by atoms with E-state index in [4.69, 9.17) is 0 Å². The molecule has 4 fully saturated rings. The second-order valence-corrected chi connectivity index (χ2v) is 8.94. The second-order valence-electron chi connectivity index (χ2n) is 7.13. The van der Waals surface area contributed by atoms with Gasteiger partial charge in [0.15, 0.2) is 0 Å². The standard InChI is InChI=1S/C16H22BrNS/c1-18-15(14-13(17)2-3-19-14)16-7-10-4-11(8-16)6-12(5-10)9-16/h2-3,10-12,15,18H,4-9H2,1H3. The van der Waals surface area contributed by atoms with Gasteiger partial charge in [-0.2, -0.15) is 0 Å². The molecule has 104 valence electrons. The maximum Gasteiger partial charge on any atom is 0.0481 e. The Labute approximate surface area is 128 Å². The van der Waals surface area contributed by atoms with Gasteiger partial charge in [0.05, 0.1) is 0 Å². The average Bonchev–Trinajstić information content (AvgIpc) is 2.74. The van der Waals surface area contributed by atoms with E-state index in [2.05, 4.69) is 39.7 Å². The number of hydrogen-bond donors (Lipinski definition) is 1. The van der Waals surface area contributed by atoms with Gasteiger partial charge in [-0.1, -0.05) is 0 Å². The maximum atomic E-state index is 3.76. The molecule has 0 amide bonds. The highest BCUT2D eigenvalue weighted by Crippen LogP contribution is 2.64. The first kappa shape index (κ1) is 12.8. The van der Waals surface area contributed by atoms with E-state index in [1.807, 2.05) is 11.3 Å². The molecule has 1 atom stereocenters. The van der Waals surface area contributed by atoms with Gasteiger partial charge in [0.25, 0.3) is 0 Å². The highest BCUT2D eigenvalue weighted by molar-refractivity contribution is 9.10. The average molecular weight is 340 g/mol. The van der Waals surface area contributed by atoms with E-state index in [0.717, 1.165) is 17.8 Å². The summed E-state index contributed by atoms with van der Waals surface area (Å²) in [4.78, 5) is 1.53. The van der Waals surface area contributed by atoms with Crippen molar-refractivity contribution < 1.29 is 0 Å². The molecule has 0 aliphatic heterocycles. The van der Waals surface area contributed by atoms with Gasteiger partial charge in [-0.25, -0.2) is 0 Å². The van der Waals surface area contributed by atoms with Crippen molar-refractivity contribution in [1.82, 2.24) is 5.32 Å². The topological polar surface area (TPSA) is 12.0 Å². The highest BCUT2D eigenvalue weighted by Gasteiger charge is 2.54. The molecule has 4 saturated carbocycles. The van der Waals surface area contributed by atoms with Crippen LogP contribution in [-0.4, -0.2) is 7.05 Å². The summed E-state index contributed by atoms with van der Waals surface area (Å²) in [6.45, 7) is 0. The van der Waals surface area contributed by atoms with Gasteiger partial charge >= 0.3 is 0 Å². The fourth-order valence-corrected chi connectivity index (χ4v) is 7.61. The summed E-state index contributed by atoms with van der Waals surface area (Å²) in [7, 11) is 2.16. The number of thiophene rings is 1. The van der Waals surface area contributed by atoms with Gasteiger partial charge in [-0.3, -0.25) is 0 Å². The molecule has 3 heteroatoms. The van der Waals surface area contributed by atoms with Crippen molar-refractivity contribution in [2.24, 2.45) is 23.2 Å². The predicted octanol–water partition coefficient (Wildman–Crippen LogP) is 4.99. The third-order valence-corrected chi connectivity index (χ3v) is 7.83. The lowest BCUT2D eigenvalue weighted by Crippen LogP contribution is -2.51. The minimum absolute atomic E-state index is 0.552. The number of hydrogen-bond acceptors (Lipinski definition) is 2. The van der Waals surface area contributed by atoms with Crippen LogP contribution in [0.1, 0.15) is 49.4 Å². The third kappa shape index (κ3) is 1.96. The van der Waals surface area contributed by atoms with Gasteiger partial charge in [-0.15, -0.1) is 11.3 Å². The number of rotatable bonds is 3. The fraction of sp³-hybridized carbons (Fsp3) is 0.750. The van der Waals surface area contributed by atoms with Gasteiger partial charge < -0.3 is 5.32 Å². The summed E-state index contributed by atoms with van der Waals surface area (Å²) >= 11 is 5.68. The number of halogens is 1. The lowest BCUT2D eigenvalue weighted by Gasteiger charge is -2.59. The third-order valence-electron chi connectivity index (χ3n) is 5.89. The predicted molar refractivity (Wildman–Crippen MR) is 84.4 cm³/mol. The van der Waals surface area contributed by atoms with E-state index < -0.39 is 0 Å². The molecule has 19 heavy (non-hydrogen) atoms. The van der Waals surface area contributed by atoms with Crippen LogP contribution in [0.3, 0.4) is 0 Å². The first-order valence-electron chi connectivity index (χ1n) is 7.60. The van der Waals surface area contributed by atoms with Gasteiger partial charge in [-0.05, 0) is 96.1 Å². The van der Waals surface area contributed by atoms with Gasteiger partial charge in [0.1, 0.15) is 0 Å². The lowest BCUT2D eigenvalue weighted by molar-refractivity contribution is -0.0730. The second kappa shape index (κ2) is 4.57.